The lowest BCUT2D eigenvalue weighted by atomic mass is 10.2. The first-order chi connectivity index (χ1) is 11.6. The molecule has 0 saturated carbocycles. The van der Waals surface area contributed by atoms with Gasteiger partial charge in [0, 0.05) is 18.3 Å². The van der Waals surface area contributed by atoms with E-state index in [-0.39, 0.29) is 5.91 Å². The zero-order chi connectivity index (χ0) is 16.9. The maximum Gasteiger partial charge on any atom is 0.265 e. The minimum atomic E-state index is -0.128. The van der Waals surface area contributed by atoms with Crippen molar-refractivity contribution in [3.05, 3.63) is 64.1 Å². The van der Waals surface area contributed by atoms with Crippen LogP contribution in [0.25, 0.3) is 0 Å². The molecule has 0 atom stereocenters. The fraction of sp³-hybridized carbons (Fsp3) is 0.222. The van der Waals surface area contributed by atoms with Crippen LogP contribution in [0.1, 0.15) is 27.7 Å². The Labute approximate surface area is 144 Å². The van der Waals surface area contributed by atoms with Crippen molar-refractivity contribution in [2.45, 2.75) is 27.0 Å². The number of aromatic nitrogens is 2. The van der Waals surface area contributed by atoms with E-state index in [9.17, 15) is 4.79 Å². The Balaban J connectivity index is 1.58. The van der Waals surface area contributed by atoms with Gasteiger partial charge in [0.1, 0.15) is 12.4 Å². The SMILES string of the molecule is CCn1cc(NC(=O)c2cc(COc3ccc(C)cc3)cs2)cn1. The number of benzene rings is 1. The van der Waals surface area contributed by atoms with Gasteiger partial charge in [-0.1, -0.05) is 17.7 Å². The number of aryl methyl sites for hydroxylation is 2. The number of carbonyl (C=O) groups excluding carboxylic acids is 1. The molecule has 0 fully saturated rings. The van der Waals surface area contributed by atoms with Gasteiger partial charge in [-0.25, -0.2) is 0 Å². The van der Waals surface area contributed by atoms with Gasteiger partial charge in [0.2, 0.25) is 0 Å². The fourth-order valence-corrected chi connectivity index (χ4v) is 2.96. The maximum absolute atomic E-state index is 12.3. The number of thiophene rings is 1. The molecule has 0 bridgehead atoms. The average Bonchev–Trinajstić information content (AvgIpc) is 3.23. The van der Waals surface area contributed by atoms with E-state index in [1.54, 1.807) is 10.9 Å². The molecular formula is C18H19N3O2S. The van der Waals surface area contributed by atoms with Crippen LogP contribution in [-0.4, -0.2) is 15.7 Å². The Morgan fingerprint density at radius 1 is 1.33 bits per heavy atom. The molecule has 5 nitrogen and oxygen atoms in total. The van der Waals surface area contributed by atoms with Crippen molar-refractivity contribution in [1.82, 2.24) is 9.78 Å². The summed E-state index contributed by atoms with van der Waals surface area (Å²) in [7, 11) is 0. The summed E-state index contributed by atoms with van der Waals surface area (Å²) in [5.74, 6) is 0.696. The van der Waals surface area contributed by atoms with E-state index in [0.717, 1.165) is 17.9 Å². The number of rotatable bonds is 6. The Kier molecular flexibility index (Phi) is 4.96. The third kappa shape index (κ3) is 4.02. The van der Waals surface area contributed by atoms with Crippen LogP contribution in [-0.2, 0) is 13.2 Å². The molecule has 0 saturated heterocycles. The topological polar surface area (TPSA) is 56.2 Å². The number of amides is 1. The molecule has 0 aliphatic carbocycles. The minimum absolute atomic E-state index is 0.128. The van der Waals surface area contributed by atoms with Crippen molar-refractivity contribution in [2.24, 2.45) is 0 Å². The first kappa shape index (κ1) is 16.3. The minimum Gasteiger partial charge on any atom is -0.489 e. The highest BCUT2D eigenvalue weighted by Crippen LogP contribution is 2.19. The van der Waals surface area contributed by atoms with Crippen LogP contribution in [0.15, 0.2) is 48.1 Å². The Morgan fingerprint density at radius 2 is 2.12 bits per heavy atom. The molecule has 2 heterocycles. The third-order valence-electron chi connectivity index (χ3n) is 3.52. The highest BCUT2D eigenvalue weighted by Gasteiger charge is 2.11. The number of hydrogen-bond acceptors (Lipinski definition) is 4. The first-order valence-electron chi connectivity index (χ1n) is 7.74. The molecule has 3 aromatic rings. The molecule has 0 spiro atoms. The zero-order valence-electron chi connectivity index (χ0n) is 13.7. The van der Waals surface area contributed by atoms with Crippen molar-refractivity contribution in [2.75, 3.05) is 5.32 Å². The van der Waals surface area contributed by atoms with Gasteiger partial charge in [0.15, 0.2) is 0 Å². The number of nitrogens with one attached hydrogen (secondary N) is 1. The molecule has 0 unspecified atom stereocenters. The lowest BCUT2D eigenvalue weighted by Crippen LogP contribution is -2.09. The Morgan fingerprint density at radius 3 is 2.83 bits per heavy atom. The Hall–Kier alpha value is -2.60. The number of hydrogen-bond donors (Lipinski definition) is 1. The quantitative estimate of drug-likeness (QED) is 0.734. The molecular weight excluding hydrogens is 322 g/mol. The fourth-order valence-electron chi connectivity index (χ4n) is 2.17. The van der Waals surface area contributed by atoms with Gasteiger partial charge in [-0.3, -0.25) is 9.48 Å². The number of anilines is 1. The number of ether oxygens (including phenoxy) is 1. The van der Waals surface area contributed by atoms with Gasteiger partial charge in [0.25, 0.3) is 5.91 Å². The summed E-state index contributed by atoms with van der Waals surface area (Å²) in [5, 5.41) is 8.94. The van der Waals surface area contributed by atoms with E-state index in [4.69, 9.17) is 4.74 Å². The summed E-state index contributed by atoms with van der Waals surface area (Å²) < 4.78 is 7.51. The molecule has 2 aromatic heterocycles. The van der Waals surface area contributed by atoms with Gasteiger partial charge in [-0.15, -0.1) is 11.3 Å². The highest BCUT2D eigenvalue weighted by atomic mass is 32.1. The standard InChI is InChI=1S/C18H19N3O2S/c1-3-21-10-15(9-19-21)20-18(22)17-8-14(12-24-17)11-23-16-6-4-13(2)5-7-16/h4-10,12H,3,11H2,1-2H3,(H,20,22). The molecule has 0 aliphatic rings. The molecule has 1 amide bonds. The molecule has 6 heteroatoms. The summed E-state index contributed by atoms with van der Waals surface area (Å²) in [6, 6.07) is 9.77. The van der Waals surface area contributed by atoms with E-state index < -0.39 is 0 Å². The zero-order valence-corrected chi connectivity index (χ0v) is 14.5. The van der Waals surface area contributed by atoms with Crippen molar-refractivity contribution < 1.29 is 9.53 Å². The predicted octanol–water partition coefficient (Wildman–Crippen LogP) is 4.10. The van der Waals surface area contributed by atoms with Gasteiger partial charge in [0.05, 0.1) is 16.8 Å². The molecule has 1 aromatic carbocycles. The van der Waals surface area contributed by atoms with Crippen LogP contribution in [0.4, 0.5) is 5.69 Å². The van der Waals surface area contributed by atoms with E-state index in [2.05, 4.69) is 10.4 Å². The Bertz CT molecular complexity index is 821. The summed E-state index contributed by atoms with van der Waals surface area (Å²) in [5.41, 5.74) is 2.88. The van der Waals surface area contributed by atoms with Crippen LogP contribution >= 0.6 is 11.3 Å². The molecule has 0 radical (unpaired) electrons. The first-order valence-corrected chi connectivity index (χ1v) is 8.62. The van der Waals surface area contributed by atoms with Crippen LogP contribution in [0.5, 0.6) is 5.75 Å². The van der Waals surface area contributed by atoms with Crippen LogP contribution < -0.4 is 10.1 Å². The normalized spacial score (nSPS) is 10.6. The van der Waals surface area contributed by atoms with Crippen molar-refractivity contribution in [3.8, 4) is 5.75 Å². The van der Waals surface area contributed by atoms with Crippen LogP contribution in [0, 0.1) is 6.92 Å². The second-order valence-corrected chi connectivity index (χ2v) is 6.37. The van der Waals surface area contributed by atoms with Crippen LogP contribution in [0.3, 0.4) is 0 Å². The predicted molar refractivity (Wildman–Crippen MR) is 95.7 cm³/mol. The molecule has 24 heavy (non-hydrogen) atoms. The summed E-state index contributed by atoms with van der Waals surface area (Å²) >= 11 is 1.41. The smallest absolute Gasteiger partial charge is 0.265 e. The summed E-state index contributed by atoms with van der Waals surface area (Å²) in [6.45, 7) is 5.26. The van der Waals surface area contributed by atoms with Gasteiger partial charge in [-0.2, -0.15) is 5.10 Å². The molecule has 3 rings (SSSR count). The molecule has 124 valence electrons. The lowest BCUT2D eigenvalue weighted by molar-refractivity contribution is 0.103. The molecule has 1 N–H and O–H groups in total. The summed E-state index contributed by atoms with van der Waals surface area (Å²) in [6.07, 6.45) is 3.46. The largest absolute Gasteiger partial charge is 0.489 e. The van der Waals surface area contributed by atoms with Crippen molar-refractivity contribution in [3.63, 3.8) is 0 Å². The molecule has 0 aliphatic heterocycles. The average molecular weight is 341 g/mol. The van der Waals surface area contributed by atoms with E-state index in [1.807, 2.05) is 55.8 Å². The van der Waals surface area contributed by atoms with Crippen molar-refractivity contribution >= 4 is 22.9 Å². The lowest BCUT2D eigenvalue weighted by Gasteiger charge is -2.04. The van der Waals surface area contributed by atoms with Gasteiger partial charge < -0.3 is 10.1 Å². The second-order valence-electron chi connectivity index (χ2n) is 5.46. The van der Waals surface area contributed by atoms with E-state index >= 15 is 0 Å². The highest BCUT2D eigenvalue weighted by molar-refractivity contribution is 7.12. The monoisotopic (exact) mass is 341 g/mol. The second kappa shape index (κ2) is 7.31. The summed E-state index contributed by atoms with van der Waals surface area (Å²) in [4.78, 5) is 12.9. The van der Waals surface area contributed by atoms with Gasteiger partial charge >= 0.3 is 0 Å². The van der Waals surface area contributed by atoms with E-state index in [0.29, 0.717) is 17.2 Å². The van der Waals surface area contributed by atoms with Crippen LogP contribution in [0.2, 0.25) is 0 Å². The van der Waals surface area contributed by atoms with Gasteiger partial charge in [-0.05, 0) is 37.4 Å². The number of nitrogens with zero attached hydrogens (tertiary/aromatic N) is 2. The third-order valence-corrected chi connectivity index (χ3v) is 4.50. The number of carbonyl (C=O) groups is 1. The maximum atomic E-state index is 12.3. The van der Waals surface area contributed by atoms with Crippen molar-refractivity contribution in [1.29, 1.82) is 0 Å². The van der Waals surface area contributed by atoms with E-state index in [1.165, 1.54) is 16.9 Å².